The molecule has 13 heavy (non-hydrogen) atoms. The Kier molecular flexibility index (Phi) is 1.92. The van der Waals surface area contributed by atoms with Gasteiger partial charge in [-0.1, -0.05) is 12.1 Å². The van der Waals surface area contributed by atoms with E-state index in [0.29, 0.717) is 11.3 Å². The van der Waals surface area contributed by atoms with Crippen LogP contribution in [0.3, 0.4) is 0 Å². The van der Waals surface area contributed by atoms with Crippen LogP contribution in [0, 0.1) is 0 Å². The number of allylic oxidation sites excluding steroid dienone is 1. The number of carbonyl (C=O) groups excluding carboxylic acids is 1. The number of carbonyl (C=O) groups is 1. The Morgan fingerprint density at radius 2 is 2.08 bits per heavy atom. The summed E-state index contributed by atoms with van der Waals surface area (Å²) < 4.78 is 5.21. The molecule has 1 aliphatic heterocycles. The van der Waals surface area contributed by atoms with Crippen molar-refractivity contribution in [1.82, 2.24) is 0 Å². The highest BCUT2D eigenvalue weighted by Gasteiger charge is 2.10. The summed E-state index contributed by atoms with van der Waals surface area (Å²) in [6.45, 7) is 0. The van der Waals surface area contributed by atoms with Gasteiger partial charge in [-0.2, -0.15) is 0 Å². The second kappa shape index (κ2) is 3.23. The standard InChI is InChI=1S/C10H7NO2/c12-10-8-4-1-2-5-9(8)13-7-3-6-11-10/h1-7H. The van der Waals surface area contributed by atoms with E-state index in [-0.39, 0.29) is 5.91 Å². The van der Waals surface area contributed by atoms with Gasteiger partial charge >= 0.3 is 0 Å². The number of hydrogen-bond acceptors (Lipinski definition) is 2. The second-order valence-electron chi connectivity index (χ2n) is 2.53. The van der Waals surface area contributed by atoms with Gasteiger partial charge in [0.05, 0.1) is 11.8 Å². The Morgan fingerprint density at radius 3 is 3.00 bits per heavy atom. The molecule has 0 saturated carbocycles. The lowest BCUT2D eigenvalue weighted by Gasteiger charge is -2.05. The highest BCUT2D eigenvalue weighted by molar-refractivity contribution is 6.02. The van der Waals surface area contributed by atoms with E-state index in [9.17, 15) is 4.79 Å². The molecule has 1 aliphatic rings. The molecule has 0 N–H and O–H groups in total. The molecular weight excluding hydrogens is 166 g/mol. The Morgan fingerprint density at radius 1 is 1.23 bits per heavy atom. The number of amides is 1. The van der Waals surface area contributed by atoms with E-state index < -0.39 is 0 Å². The fourth-order valence-electron chi connectivity index (χ4n) is 1.07. The number of fused-ring (bicyclic) bond motifs is 1. The van der Waals surface area contributed by atoms with Crippen molar-refractivity contribution >= 4 is 12.1 Å². The molecule has 0 aromatic heterocycles. The Bertz CT molecular complexity index is 394. The Labute approximate surface area is 75.4 Å². The van der Waals surface area contributed by atoms with Crippen LogP contribution >= 0.6 is 0 Å². The maximum Gasteiger partial charge on any atom is 0.280 e. The van der Waals surface area contributed by atoms with Crippen molar-refractivity contribution in [2.75, 3.05) is 0 Å². The molecule has 1 heterocycles. The van der Waals surface area contributed by atoms with Crippen LogP contribution in [0.5, 0.6) is 5.75 Å². The topological polar surface area (TPSA) is 38.7 Å². The molecule has 0 unspecified atom stereocenters. The maximum absolute atomic E-state index is 11.3. The van der Waals surface area contributed by atoms with Crippen LogP contribution < -0.4 is 4.74 Å². The van der Waals surface area contributed by atoms with Gasteiger partial charge in [-0.3, -0.25) is 4.79 Å². The van der Waals surface area contributed by atoms with Crippen LogP contribution in [0.4, 0.5) is 0 Å². The predicted molar refractivity (Wildman–Crippen MR) is 49.0 cm³/mol. The Hall–Kier alpha value is -1.90. The third kappa shape index (κ3) is 1.49. The zero-order valence-electron chi connectivity index (χ0n) is 6.81. The summed E-state index contributed by atoms with van der Waals surface area (Å²) in [5, 5.41) is 0. The lowest BCUT2D eigenvalue weighted by atomic mass is 10.2. The largest absolute Gasteiger partial charge is 0.464 e. The minimum atomic E-state index is -0.278. The zero-order valence-corrected chi connectivity index (χ0v) is 6.81. The summed E-state index contributed by atoms with van der Waals surface area (Å²) in [5.41, 5.74) is 0.489. The van der Waals surface area contributed by atoms with Crippen molar-refractivity contribution in [2.45, 2.75) is 0 Å². The number of rotatable bonds is 0. The second-order valence-corrected chi connectivity index (χ2v) is 2.53. The first-order valence-corrected chi connectivity index (χ1v) is 3.87. The molecule has 3 heteroatoms. The molecular formula is C10H7NO2. The van der Waals surface area contributed by atoms with Crippen molar-refractivity contribution in [3.8, 4) is 5.75 Å². The van der Waals surface area contributed by atoms with Crippen molar-refractivity contribution in [1.29, 1.82) is 0 Å². The van der Waals surface area contributed by atoms with E-state index in [4.69, 9.17) is 4.74 Å². The molecule has 2 rings (SSSR count). The molecule has 0 aliphatic carbocycles. The SMILES string of the molecule is O=C1N=CC=COc2ccccc21. The smallest absolute Gasteiger partial charge is 0.280 e. The summed E-state index contributed by atoms with van der Waals surface area (Å²) in [4.78, 5) is 15.0. The summed E-state index contributed by atoms with van der Waals surface area (Å²) >= 11 is 0. The minimum absolute atomic E-state index is 0.278. The predicted octanol–water partition coefficient (Wildman–Crippen LogP) is 1.80. The molecule has 0 fully saturated rings. The van der Waals surface area contributed by atoms with E-state index in [2.05, 4.69) is 4.99 Å². The van der Waals surface area contributed by atoms with Gasteiger partial charge in [0.2, 0.25) is 0 Å². The summed E-state index contributed by atoms with van der Waals surface area (Å²) in [5.74, 6) is 0.264. The van der Waals surface area contributed by atoms with E-state index in [1.807, 2.05) is 6.07 Å². The van der Waals surface area contributed by atoms with E-state index in [1.54, 1.807) is 24.3 Å². The lowest BCUT2D eigenvalue weighted by molar-refractivity contribution is 0.100. The number of ether oxygens (including phenoxy) is 1. The third-order valence-electron chi connectivity index (χ3n) is 1.67. The minimum Gasteiger partial charge on any atom is -0.464 e. The first kappa shape index (κ1) is 7.73. The molecule has 3 nitrogen and oxygen atoms in total. The van der Waals surface area contributed by atoms with Gasteiger partial charge in [-0.05, 0) is 18.2 Å². The van der Waals surface area contributed by atoms with E-state index in [0.717, 1.165) is 0 Å². The molecule has 1 aromatic rings. The number of benzene rings is 1. The molecule has 1 amide bonds. The monoisotopic (exact) mass is 173 g/mol. The van der Waals surface area contributed by atoms with Crippen molar-refractivity contribution in [3.05, 3.63) is 42.2 Å². The highest BCUT2D eigenvalue weighted by atomic mass is 16.5. The van der Waals surface area contributed by atoms with Gasteiger partial charge in [-0.15, -0.1) is 0 Å². The van der Waals surface area contributed by atoms with Crippen molar-refractivity contribution < 1.29 is 9.53 Å². The third-order valence-corrected chi connectivity index (χ3v) is 1.67. The number of nitrogens with zero attached hydrogens (tertiary/aromatic N) is 1. The molecule has 0 bridgehead atoms. The van der Waals surface area contributed by atoms with E-state index >= 15 is 0 Å². The van der Waals surface area contributed by atoms with Gasteiger partial charge in [0, 0.05) is 6.21 Å². The van der Waals surface area contributed by atoms with Crippen molar-refractivity contribution in [2.24, 2.45) is 4.99 Å². The van der Waals surface area contributed by atoms with Crippen LogP contribution in [0.1, 0.15) is 10.4 Å². The molecule has 0 spiro atoms. The van der Waals surface area contributed by atoms with Gasteiger partial charge in [0.15, 0.2) is 0 Å². The number of para-hydroxylation sites is 1. The summed E-state index contributed by atoms with van der Waals surface area (Å²) in [6, 6.07) is 7.01. The maximum atomic E-state index is 11.3. The molecule has 0 radical (unpaired) electrons. The van der Waals surface area contributed by atoms with Gasteiger partial charge in [0.1, 0.15) is 5.75 Å². The molecule has 1 aromatic carbocycles. The first-order valence-electron chi connectivity index (χ1n) is 3.87. The average Bonchev–Trinajstić information content (AvgIpc) is 2.14. The van der Waals surface area contributed by atoms with Crippen molar-refractivity contribution in [3.63, 3.8) is 0 Å². The molecule has 0 atom stereocenters. The number of aliphatic imine (C=N–C) groups is 1. The highest BCUT2D eigenvalue weighted by Crippen LogP contribution is 2.19. The first-order chi connectivity index (χ1) is 6.38. The van der Waals surface area contributed by atoms with Gasteiger partial charge in [-0.25, -0.2) is 4.99 Å². The van der Waals surface area contributed by atoms with E-state index in [1.165, 1.54) is 12.5 Å². The van der Waals surface area contributed by atoms with Gasteiger partial charge < -0.3 is 4.74 Å². The fraction of sp³-hybridized carbons (Fsp3) is 0. The van der Waals surface area contributed by atoms with Crippen LogP contribution in [0.25, 0.3) is 0 Å². The van der Waals surface area contributed by atoms with Crippen LogP contribution in [0.2, 0.25) is 0 Å². The Balaban J connectivity index is 2.54. The normalized spacial score (nSPS) is 14.3. The van der Waals surface area contributed by atoms with Crippen LogP contribution in [-0.2, 0) is 0 Å². The quantitative estimate of drug-likeness (QED) is 0.600. The lowest BCUT2D eigenvalue weighted by Crippen LogP contribution is -2.00. The summed E-state index contributed by atoms with van der Waals surface area (Å²) in [6.07, 6.45) is 4.49. The van der Waals surface area contributed by atoms with Crippen LogP contribution in [0.15, 0.2) is 41.6 Å². The zero-order chi connectivity index (χ0) is 9.10. The molecule has 64 valence electrons. The van der Waals surface area contributed by atoms with Crippen LogP contribution in [-0.4, -0.2) is 12.1 Å². The molecule has 0 saturated heterocycles. The summed E-state index contributed by atoms with van der Waals surface area (Å²) in [7, 11) is 0. The average molecular weight is 173 g/mol. The van der Waals surface area contributed by atoms with Gasteiger partial charge in [0.25, 0.3) is 5.91 Å². The number of hydrogen-bond donors (Lipinski definition) is 0. The fourth-order valence-corrected chi connectivity index (χ4v) is 1.07.